The number of aryl methyl sites for hydroxylation is 1. The molecule has 1 aromatic carbocycles. The molecular formula is C17H25N3O. The van der Waals surface area contributed by atoms with Gasteiger partial charge in [0.25, 0.3) is 0 Å². The Balaban J connectivity index is 1.91. The Morgan fingerprint density at radius 3 is 2.76 bits per heavy atom. The summed E-state index contributed by atoms with van der Waals surface area (Å²) < 4.78 is 7.86. The van der Waals surface area contributed by atoms with Gasteiger partial charge in [0, 0.05) is 32.0 Å². The number of nitrogens with one attached hydrogen (secondary N) is 1. The Kier molecular flexibility index (Phi) is 4.00. The fourth-order valence-electron chi connectivity index (χ4n) is 3.54. The van der Waals surface area contributed by atoms with E-state index in [0.717, 1.165) is 25.8 Å². The first-order valence-corrected chi connectivity index (χ1v) is 7.89. The molecule has 0 spiro atoms. The van der Waals surface area contributed by atoms with Gasteiger partial charge in [-0.3, -0.25) is 4.68 Å². The van der Waals surface area contributed by atoms with E-state index < -0.39 is 0 Å². The second-order valence-electron chi connectivity index (χ2n) is 6.02. The van der Waals surface area contributed by atoms with Crippen LogP contribution in [0.3, 0.4) is 0 Å². The first-order valence-electron chi connectivity index (χ1n) is 7.89. The van der Waals surface area contributed by atoms with Crippen molar-refractivity contribution in [3.05, 3.63) is 30.0 Å². The van der Waals surface area contributed by atoms with Crippen LogP contribution in [0.2, 0.25) is 0 Å². The van der Waals surface area contributed by atoms with E-state index in [1.54, 1.807) is 0 Å². The number of nitrogens with zero attached hydrogens (tertiary/aromatic N) is 2. The van der Waals surface area contributed by atoms with Crippen molar-refractivity contribution in [2.24, 2.45) is 7.05 Å². The number of hydrogen-bond donors (Lipinski definition) is 1. The number of fused-ring (bicyclic) bond motifs is 1. The Morgan fingerprint density at radius 1 is 1.38 bits per heavy atom. The van der Waals surface area contributed by atoms with Crippen molar-refractivity contribution in [1.82, 2.24) is 15.1 Å². The van der Waals surface area contributed by atoms with E-state index in [-0.39, 0.29) is 5.60 Å². The molecule has 1 saturated carbocycles. The third-order valence-corrected chi connectivity index (χ3v) is 4.92. The van der Waals surface area contributed by atoms with E-state index in [2.05, 4.69) is 36.5 Å². The van der Waals surface area contributed by atoms with Gasteiger partial charge in [0.15, 0.2) is 0 Å². The van der Waals surface area contributed by atoms with Crippen molar-refractivity contribution < 1.29 is 4.74 Å². The highest BCUT2D eigenvalue weighted by molar-refractivity contribution is 5.81. The number of likely N-dealkylation sites (N-methyl/N-ethyl adjacent to an activating group) is 1. The zero-order chi connectivity index (χ0) is 14.9. The molecule has 0 saturated heterocycles. The molecule has 0 radical (unpaired) electrons. The average molecular weight is 287 g/mol. The van der Waals surface area contributed by atoms with Gasteiger partial charge in [-0.1, -0.05) is 25.1 Å². The van der Waals surface area contributed by atoms with Crippen LogP contribution in [0.1, 0.15) is 31.9 Å². The van der Waals surface area contributed by atoms with Gasteiger partial charge in [-0.2, -0.15) is 5.10 Å². The predicted octanol–water partition coefficient (Wildman–Crippen LogP) is 2.66. The summed E-state index contributed by atoms with van der Waals surface area (Å²) in [5.41, 5.74) is 2.36. The largest absolute Gasteiger partial charge is 0.377 e. The van der Waals surface area contributed by atoms with Crippen LogP contribution in [0.15, 0.2) is 24.3 Å². The third kappa shape index (κ3) is 2.47. The number of ether oxygens (including phenoxy) is 1. The molecule has 3 rings (SSSR count). The maximum atomic E-state index is 5.88. The molecule has 114 valence electrons. The van der Waals surface area contributed by atoms with Gasteiger partial charge in [0.2, 0.25) is 0 Å². The number of methoxy groups -OCH3 is 1. The van der Waals surface area contributed by atoms with Crippen LogP contribution in [0.4, 0.5) is 0 Å². The van der Waals surface area contributed by atoms with Gasteiger partial charge >= 0.3 is 0 Å². The summed E-state index contributed by atoms with van der Waals surface area (Å²) in [6.45, 7) is 3.12. The lowest BCUT2D eigenvalue weighted by Gasteiger charge is -2.46. The molecule has 1 atom stereocenters. The number of benzene rings is 1. The zero-order valence-corrected chi connectivity index (χ0v) is 13.2. The fourth-order valence-corrected chi connectivity index (χ4v) is 3.54. The summed E-state index contributed by atoms with van der Waals surface area (Å²) in [4.78, 5) is 0. The van der Waals surface area contributed by atoms with Crippen molar-refractivity contribution in [3.8, 4) is 0 Å². The van der Waals surface area contributed by atoms with E-state index >= 15 is 0 Å². The van der Waals surface area contributed by atoms with Crippen LogP contribution >= 0.6 is 0 Å². The summed E-state index contributed by atoms with van der Waals surface area (Å²) >= 11 is 0. The minimum Gasteiger partial charge on any atom is -0.377 e. The minimum absolute atomic E-state index is 0.00532. The van der Waals surface area contributed by atoms with Crippen LogP contribution in [0.25, 0.3) is 10.9 Å². The molecule has 1 fully saturated rings. The van der Waals surface area contributed by atoms with Crippen LogP contribution in [0.5, 0.6) is 0 Å². The maximum Gasteiger partial charge on any atom is 0.0834 e. The molecule has 1 unspecified atom stereocenters. The molecule has 0 amide bonds. The first-order chi connectivity index (χ1) is 10.2. The highest BCUT2D eigenvalue weighted by Gasteiger charge is 2.44. The molecule has 4 heteroatoms. The van der Waals surface area contributed by atoms with Crippen molar-refractivity contribution in [3.63, 3.8) is 0 Å². The van der Waals surface area contributed by atoms with E-state index in [1.807, 2.05) is 18.8 Å². The molecule has 4 nitrogen and oxygen atoms in total. The van der Waals surface area contributed by atoms with Crippen LogP contribution in [-0.2, 0) is 18.2 Å². The monoisotopic (exact) mass is 287 g/mol. The van der Waals surface area contributed by atoms with Gasteiger partial charge in [-0.05, 0) is 31.9 Å². The molecule has 1 aliphatic carbocycles. The smallest absolute Gasteiger partial charge is 0.0834 e. The number of aromatic nitrogens is 2. The Morgan fingerprint density at radius 2 is 2.14 bits per heavy atom. The van der Waals surface area contributed by atoms with Crippen molar-refractivity contribution in [1.29, 1.82) is 0 Å². The van der Waals surface area contributed by atoms with Gasteiger partial charge in [0.1, 0.15) is 0 Å². The van der Waals surface area contributed by atoms with E-state index in [0.29, 0.717) is 6.04 Å². The molecular weight excluding hydrogens is 262 g/mol. The first kappa shape index (κ1) is 14.5. The molecule has 1 heterocycles. The summed E-state index contributed by atoms with van der Waals surface area (Å²) in [6, 6.07) is 8.79. The van der Waals surface area contributed by atoms with Gasteiger partial charge in [-0.15, -0.1) is 0 Å². The van der Waals surface area contributed by atoms with Crippen molar-refractivity contribution in [2.75, 3.05) is 13.7 Å². The summed E-state index contributed by atoms with van der Waals surface area (Å²) in [7, 11) is 3.86. The summed E-state index contributed by atoms with van der Waals surface area (Å²) in [6.07, 6.45) is 4.47. The predicted molar refractivity (Wildman–Crippen MR) is 85.5 cm³/mol. The highest BCUT2D eigenvalue weighted by atomic mass is 16.5. The molecule has 0 aliphatic heterocycles. The normalized spacial score (nSPS) is 18.6. The molecule has 1 aromatic heterocycles. The van der Waals surface area contributed by atoms with Crippen LogP contribution in [-0.4, -0.2) is 35.1 Å². The summed E-state index contributed by atoms with van der Waals surface area (Å²) in [5, 5.41) is 9.62. The van der Waals surface area contributed by atoms with Crippen molar-refractivity contribution >= 4 is 10.9 Å². The van der Waals surface area contributed by atoms with Gasteiger partial charge < -0.3 is 10.1 Å². The quantitative estimate of drug-likeness (QED) is 0.888. The highest BCUT2D eigenvalue weighted by Crippen LogP contribution is 2.39. The fraction of sp³-hybridized carbons (Fsp3) is 0.588. The number of rotatable bonds is 6. The van der Waals surface area contributed by atoms with Crippen LogP contribution in [0, 0.1) is 0 Å². The Labute approximate surface area is 126 Å². The van der Waals surface area contributed by atoms with E-state index in [4.69, 9.17) is 9.84 Å². The molecule has 1 N–H and O–H groups in total. The van der Waals surface area contributed by atoms with Crippen LogP contribution < -0.4 is 5.32 Å². The van der Waals surface area contributed by atoms with Gasteiger partial charge in [-0.25, -0.2) is 0 Å². The zero-order valence-electron chi connectivity index (χ0n) is 13.2. The maximum absolute atomic E-state index is 5.88. The average Bonchev–Trinajstić information content (AvgIpc) is 2.76. The lowest BCUT2D eigenvalue weighted by atomic mass is 9.73. The Bertz CT molecular complexity index is 610. The molecule has 21 heavy (non-hydrogen) atoms. The number of para-hydroxylation sites is 1. The molecule has 0 bridgehead atoms. The van der Waals surface area contributed by atoms with Gasteiger partial charge in [0.05, 0.1) is 16.8 Å². The lowest BCUT2D eigenvalue weighted by molar-refractivity contribution is -0.0979. The second-order valence-corrected chi connectivity index (χ2v) is 6.02. The molecule has 1 aliphatic rings. The van der Waals surface area contributed by atoms with Crippen molar-refractivity contribution in [2.45, 2.75) is 44.2 Å². The lowest BCUT2D eigenvalue weighted by Crippen LogP contribution is -2.57. The Hall–Kier alpha value is -1.39. The topological polar surface area (TPSA) is 39.1 Å². The molecule has 2 aromatic rings. The third-order valence-electron chi connectivity index (χ3n) is 4.92. The van der Waals surface area contributed by atoms with E-state index in [9.17, 15) is 0 Å². The number of hydrogen-bond acceptors (Lipinski definition) is 3. The SMILES string of the molecule is CCNC(Cc1nn(C)c2ccccc12)C1(OC)CCC1. The van der Waals surface area contributed by atoms with E-state index in [1.165, 1.54) is 23.0 Å². The summed E-state index contributed by atoms with van der Waals surface area (Å²) in [5.74, 6) is 0. The second kappa shape index (κ2) is 5.78. The minimum atomic E-state index is -0.00532. The standard InChI is InChI=1S/C17H25N3O/c1-4-18-16(17(21-3)10-7-11-17)12-14-13-8-5-6-9-15(13)20(2)19-14/h5-6,8-9,16,18H,4,7,10-12H2,1-3H3.